The summed E-state index contributed by atoms with van der Waals surface area (Å²) in [6.07, 6.45) is -4.70. The second-order valence-corrected chi connectivity index (χ2v) is 9.28. The predicted octanol–water partition coefficient (Wildman–Crippen LogP) is 6.08. The molecule has 5 nitrogen and oxygen atoms in total. The Bertz CT molecular complexity index is 1180. The normalized spacial score (nSPS) is 15.4. The molecule has 1 atom stereocenters. The first kappa shape index (κ1) is 27.0. The van der Waals surface area contributed by atoms with Gasteiger partial charge in [-0.1, -0.05) is 48.0 Å². The van der Waals surface area contributed by atoms with Gasteiger partial charge in [0.15, 0.2) is 0 Å². The van der Waals surface area contributed by atoms with Gasteiger partial charge in [-0.05, 0) is 47.5 Å². The Balaban J connectivity index is 1.39. The third-order valence-electron chi connectivity index (χ3n) is 6.40. The molecular formula is C28H28ClF3N2O3. The second-order valence-electron chi connectivity index (χ2n) is 8.84. The molecular weight excluding hydrogens is 505 g/mol. The van der Waals surface area contributed by atoms with Crippen LogP contribution in [0.5, 0.6) is 5.75 Å². The maximum absolute atomic E-state index is 13.0. The Morgan fingerprint density at radius 1 is 0.946 bits per heavy atom. The van der Waals surface area contributed by atoms with E-state index in [4.69, 9.17) is 21.1 Å². The number of hydrogen-bond acceptors (Lipinski definition) is 4. The summed E-state index contributed by atoms with van der Waals surface area (Å²) in [5.41, 5.74) is 1.42. The van der Waals surface area contributed by atoms with Crippen LogP contribution in [0.25, 0.3) is 0 Å². The van der Waals surface area contributed by atoms with E-state index in [1.165, 1.54) is 12.1 Å². The van der Waals surface area contributed by atoms with Gasteiger partial charge in [-0.3, -0.25) is 9.69 Å². The van der Waals surface area contributed by atoms with Crippen LogP contribution in [0.4, 0.5) is 13.2 Å². The van der Waals surface area contributed by atoms with Crippen molar-refractivity contribution in [1.29, 1.82) is 0 Å². The number of amides is 1. The van der Waals surface area contributed by atoms with E-state index in [0.29, 0.717) is 54.6 Å². The first-order valence-corrected chi connectivity index (χ1v) is 12.3. The number of hydrogen-bond donors (Lipinski definition) is 0. The largest absolute Gasteiger partial charge is 0.496 e. The minimum atomic E-state index is -4.37. The van der Waals surface area contributed by atoms with Gasteiger partial charge in [0, 0.05) is 37.7 Å². The van der Waals surface area contributed by atoms with Crippen LogP contribution in [0.15, 0.2) is 72.8 Å². The Kier molecular flexibility index (Phi) is 8.74. The number of carbonyl (C=O) groups is 1. The van der Waals surface area contributed by atoms with Crippen LogP contribution in [0.3, 0.4) is 0 Å². The first-order valence-electron chi connectivity index (χ1n) is 11.9. The number of nitrogens with zero attached hydrogens (tertiary/aromatic N) is 2. The standard InChI is InChI=1S/C28H28ClF3N2O3/c1-36-25-5-3-2-4-24(25)27(35)34-16-14-33(15-17-34)18-26(21-8-12-23(29)13-9-21)37-19-20-6-10-22(11-7-20)28(30,31)32/h2-13,26H,14-19H2,1H3/t26-/m1/s1. The second kappa shape index (κ2) is 12.0. The van der Waals surface area contributed by atoms with Crippen LogP contribution in [-0.4, -0.2) is 55.5 Å². The summed E-state index contributed by atoms with van der Waals surface area (Å²) in [5, 5.41) is 0.605. The first-order chi connectivity index (χ1) is 17.7. The predicted molar refractivity (Wildman–Crippen MR) is 136 cm³/mol. The van der Waals surface area contributed by atoms with Gasteiger partial charge in [0.2, 0.25) is 0 Å². The van der Waals surface area contributed by atoms with E-state index in [-0.39, 0.29) is 18.6 Å². The van der Waals surface area contributed by atoms with Crippen LogP contribution < -0.4 is 4.74 Å². The number of halogens is 4. The summed E-state index contributed by atoms with van der Waals surface area (Å²) in [6.45, 7) is 3.17. The van der Waals surface area contributed by atoms with Gasteiger partial charge in [0.05, 0.1) is 30.9 Å². The molecule has 0 N–H and O–H groups in total. The van der Waals surface area contributed by atoms with Crippen molar-refractivity contribution >= 4 is 17.5 Å². The maximum atomic E-state index is 13.0. The lowest BCUT2D eigenvalue weighted by molar-refractivity contribution is -0.137. The van der Waals surface area contributed by atoms with Gasteiger partial charge in [-0.15, -0.1) is 0 Å². The zero-order valence-electron chi connectivity index (χ0n) is 20.4. The van der Waals surface area contributed by atoms with Crippen LogP contribution in [-0.2, 0) is 17.5 Å². The fourth-order valence-electron chi connectivity index (χ4n) is 4.28. The Hall–Kier alpha value is -3.07. The van der Waals surface area contributed by atoms with Crippen LogP contribution in [0.2, 0.25) is 5.02 Å². The summed E-state index contributed by atoms with van der Waals surface area (Å²) in [6, 6.07) is 19.5. The van der Waals surface area contributed by atoms with Gasteiger partial charge >= 0.3 is 6.18 Å². The number of carbonyl (C=O) groups excluding carboxylic acids is 1. The number of piperazine rings is 1. The molecule has 0 unspecified atom stereocenters. The van der Waals surface area contributed by atoms with Crippen molar-refractivity contribution in [3.05, 3.63) is 100 Å². The SMILES string of the molecule is COc1ccccc1C(=O)N1CCN(C[C@@H](OCc2ccc(C(F)(F)F)cc2)c2ccc(Cl)cc2)CC1. The van der Waals surface area contributed by atoms with Crippen molar-refractivity contribution in [1.82, 2.24) is 9.80 Å². The molecule has 0 aliphatic carbocycles. The van der Waals surface area contributed by atoms with E-state index >= 15 is 0 Å². The topological polar surface area (TPSA) is 42.0 Å². The Labute approximate surface area is 219 Å². The highest BCUT2D eigenvalue weighted by Crippen LogP contribution is 2.30. The fraction of sp³-hybridized carbons (Fsp3) is 0.321. The third kappa shape index (κ3) is 7.03. The smallest absolute Gasteiger partial charge is 0.416 e. The summed E-state index contributed by atoms with van der Waals surface area (Å²) in [5.74, 6) is 0.485. The van der Waals surface area contributed by atoms with Gasteiger partial charge < -0.3 is 14.4 Å². The molecule has 1 amide bonds. The van der Waals surface area contributed by atoms with E-state index in [1.54, 1.807) is 31.4 Å². The number of benzene rings is 3. The zero-order chi connectivity index (χ0) is 26.4. The molecule has 1 saturated heterocycles. The minimum Gasteiger partial charge on any atom is -0.496 e. The Morgan fingerprint density at radius 3 is 2.22 bits per heavy atom. The van der Waals surface area contributed by atoms with Crippen molar-refractivity contribution in [2.75, 3.05) is 39.8 Å². The lowest BCUT2D eigenvalue weighted by Crippen LogP contribution is -2.49. The van der Waals surface area contributed by atoms with Crippen molar-refractivity contribution < 1.29 is 27.4 Å². The number of ether oxygens (including phenoxy) is 2. The molecule has 1 fully saturated rings. The van der Waals surface area contributed by atoms with Gasteiger partial charge in [0.1, 0.15) is 5.75 Å². The van der Waals surface area contributed by atoms with Crippen molar-refractivity contribution in [2.45, 2.75) is 18.9 Å². The van der Waals surface area contributed by atoms with E-state index in [1.807, 2.05) is 29.2 Å². The molecule has 37 heavy (non-hydrogen) atoms. The maximum Gasteiger partial charge on any atom is 0.416 e. The minimum absolute atomic E-state index is 0.0649. The number of alkyl halides is 3. The van der Waals surface area contributed by atoms with Crippen LogP contribution in [0, 0.1) is 0 Å². The quantitative estimate of drug-likeness (QED) is 0.352. The molecule has 1 heterocycles. The van der Waals surface area contributed by atoms with Crippen LogP contribution >= 0.6 is 11.6 Å². The van der Waals surface area contributed by atoms with Gasteiger partial charge in [0.25, 0.3) is 5.91 Å². The highest BCUT2D eigenvalue weighted by molar-refractivity contribution is 6.30. The Morgan fingerprint density at radius 2 is 1.59 bits per heavy atom. The highest BCUT2D eigenvalue weighted by atomic mass is 35.5. The lowest BCUT2D eigenvalue weighted by Gasteiger charge is -2.36. The van der Waals surface area contributed by atoms with Crippen molar-refractivity contribution in [3.8, 4) is 5.75 Å². The summed E-state index contributed by atoms with van der Waals surface area (Å²) in [4.78, 5) is 17.1. The highest BCUT2D eigenvalue weighted by Gasteiger charge is 2.30. The molecule has 3 aromatic rings. The third-order valence-corrected chi connectivity index (χ3v) is 6.65. The van der Waals surface area contributed by atoms with Gasteiger partial charge in [-0.25, -0.2) is 0 Å². The number of para-hydroxylation sites is 1. The molecule has 0 saturated carbocycles. The van der Waals surface area contributed by atoms with Crippen molar-refractivity contribution in [3.63, 3.8) is 0 Å². The summed E-state index contributed by atoms with van der Waals surface area (Å²) >= 11 is 6.06. The molecule has 0 spiro atoms. The monoisotopic (exact) mass is 532 g/mol. The summed E-state index contributed by atoms with van der Waals surface area (Å²) in [7, 11) is 1.55. The van der Waals surface area contributed by atoms with E-state index in [0.717, 1.165) is 17.7 Å². The molecule has 1 aliphatic rings. The fourth-order valence-corrected chi connectivity index (χ4v) is 4.40. The molecule has 3 aromatic carbocycles. The lowest BCUT2D eigenvalue weighted by atomic mass is 10.1. The molecule has 9 heteroatoms. The zero-order valence-corrected chi connectivity index (χ0v) is 21.1. The van der Waals surface area contributed by atoms with Crippen molar-refractivity contribution in [2.24, 2.45) is 0 Å². The average molecular weight is 533 g/mol. The molecule has 1 aliphatic heterocycles. The number of rotatable bonds is 8. The van der Waals surface area contributed by atoms with E-state index in [2.05, 4.69) is 4.90 Å². The summed E-state index contributed by atoms with van der Waals surface area (Å²) < 4.78 is 50.2. The van der Waals surface area contributed by atoms with E-state index < -0.39 is 11.7 Å². The molecule has 196 valence electrons. The molecule has 0 radical (unpaired) electrons. The number of methoxy groups -OCH3 is 1. The molecule has 0 aromatic heterocycles. The molecule has 4 rings (SSSR count). The average Bonchev–Trinajstić information content (AvgIpc) is 2.91. The van der Waals surface area contributed by atoms with E-state index in [9.17, 15) is 18.0 Å². The van der Waals surface area contributed by atoms with Crippen LogP contribution in [0.1, 0.15) is 33.2 Å². The molecule has 0 bridgehead atoms. The van der Waals surface area contributed by atoms with Gasteiger partial charge in [-0.2, -0.15) is 13.2 Å².